The zero-order chi connectivity index (χ0) is 19.5. The average molecular weight is 380 g/mol. The number of rotatable bonds is 4. The van der Waals surface area contributed by atoms with E-state index in [9.17, 15) is 15.2 Å². The van der Waals surface area contributed by atoms with Crippen LogP contribution in [0.5, 0.6) is 0 Å². The molecule has 2 fully saturated rings. The summed E-state index contributed by atoms with van der Waals surface area (Å²) < 4.78 is 0. The summed E-state index contributed by atoms with van der Waals surface area (Å²) in [4.78, 5) is 14.3. The van der Waals surface area contributed by atoms with Gasteiger partial charge in [0.25, 0.3) is 0 Å². The van der Waals surface area contributed by atoms with Crippen LogP contribution in [0.15, 0.2) is 30.3 Å². The first-order valence-corrected chi connectivity index (χ1v) is 10.6. The van der Waals surface area contributed by atoms with Crippen molar-refractivity contribution >= 4 is 11.6 Å². The molecular weight excluding hydrogens is 350 g/mol. The lowest BCUT2D eigenvalue weighted by Crippen LogP contribution is -2.67. The van der Waals surface area contributed by atoms with Crippen LogP contribution in [-0.2, 0) is 0 Å². The number of urea groups is 1. The lowest BCUT2D eigenvalue weighted by Gasteiger charge is -2.51. The van der Waals surface area contributed by atoms with Gasteiger partial charge in [-0.25, -0.2) is 4.79 Å². The van der Waals surface area contributed by atoms with Crippen molar-refractivity contribution in [3.63, 3.8) is 0 Å². The Balaban J connectivity index is 1.47. The summed E-state index contributed by atoms with van der Waals surface area (Å²) in [5, 5.41) is 22.7. The first-order valence-electron chi connectivity index (χ1n) is 10.6. The van der Waals surface area contributed by atoms with E-state index in [2.05, 4.69) is 41.7 Å². The van der Waals surface area contributed by atoms with E-state index in [-0.39, 0.29) is 30.6 Å². The topological polar surface area (TPSA) is 76.4 Å². The summed E-state index contributed by atoms with van der Waals surface area (Å²) >= 11 is 0. The summed E-state index contributed by atoms with van der Waals surface area (Å²) in [6.45, 7) is -0.131. The third-order valence-corrected chi connectivity index (χ3v) is 6.61. The van der Waals surface area contributed by atoms with Crippen LogP contribution >= 0.6 is 0 Å². The van der Waals surface area contributed by atoms with Gasteiger partial charge in [0.15, 0.2) is 0 Å². The summed E-state index contributed by atoms with van der Waals surface area (Å²) in [7, 11) is 0. The SMILES string of the molecule is N#C[C@@H]1[C@H](c2ccc(C3=CCCC3)cc2)[C@@H](CO)N1C(=O)NC1CCCCC1. The van der Waals surface area contributed by atoms with E-state index >= 15 is 0 Å². The summed E-state index contributed by atoms with van der Waals surface area (Å²) in [5.74, 6) is -0.140. The van der Waals surface area contributed by atoms with Gasteiger partial charge in [-0.1, -0.05) is 49.6 Å². The molecule has 1 heterocycles. The fourth-order valence-electron chi connectivity index (χ4n) is 5.04. The van der Waals surface area contributed by atoms with E-state index in [1.54, 1.807) is 4.90 Å². The van der Waals surface area contributed by atoms with Crippen LogP contribution in [-0.4, -0.2) is 40.8 Å². The maximum absolute atomic E-state index is 12.8. The lowest BCUT2D eigenvalue weighted by molar-refractivity contribution is 0.0153. The Morgan fingerprint density at radius 2 is 1.93 bits per heavy atom. The second kappa shape index (κ2) is 8.36. The van der Waals surface area contributed by atoms with Crippen molar-refractivity contribution in [2.45, 2.75) is 75.4 Å². The predicted octanol–water partition coefficient (Wildman–Crippen LogP) is 3.95. The van der Waals surface area contributed by atoms with Crippen molar-refractivity contribution in [1.29, 1.82) is 5.26 Å². The first-order chi connectivity index (χ1) is 13.7. The first kappa shape index (κ1) is 19.0. The van der Waals surface area contributed by atoms with Crippen molar-refractivity contribution in [1.82, 2.24) is 10.2 Å². The molecule has 2 aliphatic carbocycles. The summed E-state index contributed by atoms with van der Waals surface area (Å²) in [6, 6.07) is 9.75. The predicted molar refractivity (Wildman–Crippen MR) is 109 cm³/mol. The molecule has 5 heteroatoms. The Labute approximate surface area is 167 Å². The number of likely N-dealkylation sites (tertiary alicyclic amines) is 1. The van der Waals surface area contributed by atoms with E-state index in [4.69, 9.17) is 0 Å². The molecule has 0 spiro atoms. The number of aliphatic hydroxyl groups excluding tert-OH is 1. The number of benzene rings is 1. The quantitative estimate of drug-likeness (QED) is 0.832. The molecule has 5 nitrogen and oxygen atoms in total. The van der Waals surface area contributed by atoms with Gasteiger partial charge in [0.05, 0.1) is 18.7 Å². The highest BCUT2D eigenvalue weighted by Gasteiger charge is 2.52. The summed E-state index contributed by atoms with van der Waals surface area (Å²) in [6.07, 6.45) is 11.3. The Bertz CT molecular complexity index is 774. The molecule has 2 amide bonds. The number of allylic oxidation sites excluding steroid dienone is 2. The van der Waals surface area contributed by atoms with E-state index in [1.165, 1.54) is 24.0 Å². The molecule has 0 radical (unpaired) electrons. The largest absolute Gasteiger partial charge is 0.394 e. The van der Waals surface area contributed by atoms with E-state index in [1.807, 2.05) is 0 Å². The number of aliphatic hydroxyl groups is 1. The van der Waals surface area contributed by atoms with Gasteiger partial charge in [0.1, 0.15) is 6.04 Å². The molecule has 3 atom stereocenters. The fourth-order valence-corrected chi connectivity index (χ4v) is 5.04. The molecule has 2 N–H and O–H groups in total. The zero-order valence-electron chi connectivity index (χ0n) is 16.3. The van der Waals surface area contributed by atoms with Gasteiger partial charge in [-0.05, 0) is 48.8 Å². The maximum atomic E-state index is 12.8. The maximum Gasteiger partial charge on any atom is 0.319 e. The van der Waals surface area contributed by atoms with Crippen molar-refractivity contribution in [3.8, 4) is 6.07 Å². The second-order valence-corrected chi connectivity index (χ2v) is 8.28. The normalized spacial score (nSPS) is 27.6. The number of amides is 2. The standard InChI is InChI=1S/C23H29N3O2/c24-14-20-22(18-12-10-17(11-13-18)16-6-4-5-7-16)21(15-27)26(20)23(28)25-19-8-2-1-3-9-19/h6,10-13,19-22,27H,1-5,7-9,15H2,(H,25,28)/t20-,21-,22+/m1/s1. The molecule has 1 saturated heterocycles. The number of nitrogens with zero attached hydrogens (tertiary/aromatic N) is 2. The number of nitriles is 1. The number of carbonyl (C=O) groups excluding carboxylic acids is 1. The number of nitrogens with one attached hydrogen (secondary N) is 1. The lowest BCUT2D eigenvalue weighted by atomic mass is 9.75. The van der Waals surface area contributed by atoms with E-state index in [0.29, 0.717) is 0 Å². The van der Waals surface area contributed by atoms with Crippen LogP contribution in [0.3, 0.4) is 0 Å². The molecule has 28 heavy (non-hydrogen) atoms. The zero-order valence-corrected chi connectivity index (χ0v) is 16.3. The Kier molecular flexibility index (Phi) is 5.68. The molecular formula is C23H29N3O2. The van der Waals surface area contributed by atoms with Crippen molar-refractivity contribution < 1.29 is 9.90 Å². The van der Waals surface area contributed by atoms with E-state index in [0.717, 1.165) is 44.1 Å². The summed E-state index contributed by atoms with van der Waals surface area (Å²) in [5.41, 5.74) is 3.65. The molecule has 0 unspecified atom stereocenters. The second-order valence-electron chi connectivity index (χ2n) is 8.28. The van der Waals surface area contributed by atoms with Crippen molar-refractivity contribution in [3.05, 3.63) is 41.5 Å². The molecule has 148 valence electrons. The third kappa shape index (κ3) is 3.54. The van der Waals surface area contributed by atoms with Crippen LogP contribution in [0, 0.1) is 11.3 Å². The number of hydrogen-bond acceptors (Lipinski definition) is 3. The highest BCUT2D eigenvalue weighted by atomic mass is 16.3. The number of hydrogen-bond donors (Lipinski definition) is 2. The van der Waals surface area contributed by atoms with Gasteiger partial charge >= 0.3 is 6.03 Å². The smallest absolute Gasteiger partial charge is 0.319 e. The molecule has 1 aromatic rings. The van der Waals surface area contributed by atoms with Gasteiger partial charge < -0.3 is 15.3 Å². The van der Waals surface area contributed by atoms with Crippen LogP contribution < -0.4 is 5.32 Å². The minimum Gasteiger partial charge on any atom is -0.394 e. The molecule has 4 rings (SSSR count). The highest BCUT2D eigenvalue weighted by molar-refractivity contribution is 5.78. The average Bonchev–Trinajstić information content (AvgIpc) is 3.24. The van der Waals surface area contributed by atoms with Crippen LogP contribution in [0.2, 0.25) is 0 Å². The molecule has 1 aliphatic heterocycles. The minimum absolute atomic E-state index is 0.131. The third-order valence-electron chi connectivity index (χ3n) is 6.61. The molecule has 0 bridgehead atoms. The fraction of sp³-hybridized carbons (Fsp3) is 0.565. The van der Waals surface area contributed by atoms with Crippen LogP contribution in [0.25, 0.3) is 5.57 Å². The van der Waals surface area contributed by atoms with Gasteiger partial charge in [-0.15, -0.1) is 0 Å². The highest BCUT2D eigenvalue weighted by Crippen LogP contribution is 2.41. The Morgan fingerprint density at radius 3 is 2.54 bits per heavy atom. The Morgan fingerprint density at radius 1 is 1.18 bits per heavy atom. The Hall–Kier alpha value is -2.32. The number of carbonyl (C=O) groups is 1. The van der Waals surface area contributed by atoms with E-state index < -0.39 is 6.04 Å². The monoisotopic (exact) mass is 379 g/mol. The molecule has 1 aromatic carbocycles. The van der Waals surface area contributed by atoms with Gasteiger partial charge in [-0.2, -0.15) is 5.26 Å². The van der Waals surface area contributed by atoms with Gasteiger partial charge in [-0.3, -0.25) is 0 Å². The molecule has 3 aliphatic rings. The van der Waals surface area contributed by atoms with Crippen LogP contribution in [0.1, 0.15) is 68.4 Å². The van der Waals surface area contributed by atoms with Crippen molar-refractivity contribution in [2.24, 2.45) is 0 Å². The minimum atomic E-state index is -0.530. The molecule has 0 aromatic heterocycles. The molecule has 1 saturated carbocycles. The van der Waals surface area contributed by atoms with Gasteiger partial charge in [0, 0.05) is 12.0 Å². The van der Waals surface area contributed by atoms with Gasteiger partial charge in [0.2, 0.25) is 0 Å². The van der Waals surface area contributed by atoms with Crippen LogP contribution in [0.4, 0.5) is 4.79 Å². The van der Waals surface area contributed by atoms with Crippen molar-refractivity contribution in [2.75, 3.05) is 6.61 Å².